The third-order valence-corrected chi connectivity index (χ3v) is 4.52. The molecular formula is C12H8Cl3N3S. The van der Waals surface area contributed by atoms with Crippen molar-refractivity contribution in [1.82, 2.24) is 9.97 Å². The predicted octanol–water partition coefficient (Wildman–Crippen LogP) is 4.83. The molecule has 1 aromatic carbocycles. The number of aromatic nitrogens is 2. The standard InChI is InChI=1S/C12H8Cl3N3S/c13-6-1-2-8(7(14)5-6)16-11-10-9(3-4-19-10)17-12(15)18-11/h1-2,5H,3-4H2,(H,16,17,18). The maximum Gasteiger partial charge on any atom is 0.224 e. The third-order valence-electron chi connectivity index (χ3n) is 2.68. The normalized spacial score (nSPS) is 13.4. The molecule has 7 heteroatoms. The Labute approximate surface area is 129 Å². The first-order valence-electron chi connectivity index (χ1n) is 5.55. The fourth-order valence-electron chi connectivity index (χ4n) is 1.84. The molecule has 0 aliphatic carbocycles. The van der Waals surface area contributed by atoms with Gasteiger partial charge in [-0.25, -0.2) is 4.98 Å². The number of hydrogen-bond donors (Lipinski definition) is 1. The Hall–Kier alpha value is -0.680. The van der Waals surface area contributed by atoms with Gasteiger partial charge in [-0.3, -0.25) is 0 Å². The second-order valence-corrected chi connectivity index (χ2v) is 6.25. The van der Waals surface area contributed by atoms with E-state index in [1.165, 1.54) is 0 Å². The lowest BCUT2D eigenvalue weighted by atomic mass is 10.3. The Morgan fingerprint density at radius 2 is 2.00 bits per heavy atom. The Morgan fingerprint density at radius 1 is 1.16 bits per heavy atom. The Kier molecular flexibility index (Phi) is 3.76. The molecule has 1 aliphatic rings. The molecule has 0 saturated carbocycles. The lowest BCUT2D eigenvalue weighted by Crippen LogP contribution is -2.00. The topological polar surface area (TPSA) is 37.8 Å². The van der Waals surface area contributed by atoms with Gasteiger partial charge in [-0.05, 0) is 29.8 Å². The first-order valence-corrected chi connectivity index (χ1v) is 7.67. The quantitative estimate of drug-likeness (QED) is 0.799. The van der Waals surface area contributed by atoms with Gasteiger partial charge < -0.3 is 5.32 Å². The van der Waals surface area contributed by atoms with Gasteiger partial charge in [0.25, 0.3) is 0 Å². The molecule has 0 saturated heterocycles. The molecule has 0 atom stereocenters. The zero-order valence-corrected chi connectivity index (χ0v) is 12.7. The summed E-state index contributed by atoms with van der Waals surface area (Å²) in [7, 11) is 0. The molecule has 3 rings (SSSR count). The molecule has 0 fully saturated rings. The monoisotopic (exact) mass is 331 g/mol. The van der Waals surface area contributed by atoms with Crippen LogP contribution in [-0.2, 0) is 6.42 Å². The number of nitrogens with zero attached hydrogens (tertiary/aromatic N) is 2. The van der Waals surface area contributed by atoms with Crippen LogP contribution in [0.2, 0.25) is 15.3 Å². The highest BCUT2D eigenvalue weighted by Crippen LogP contribution is 2.38. The average molecular weight is 333 g/mol. The highest BCUT2D eigenvalue weighted by Gasteiger charge is 2.20. The number of rotatable bonds is 2. The van der Waals surface area contributed by atoms with Crippen LogP contribution in [0.1, 0.15) is 5.69 Å². The molecule has 0 spiro atoms. The van der Waals surface area contributed by atoms with E-state index in [0.29, 0.717) is 15.9 Å². The summed E-state index contributed by atoms with van der Waals surface area (Å²) in [6.07, 6.45) is 0.908. The number of benzene rings is 1. The number of anilines is 2. The van der Waals surface area contributed by atoms with Gasteiger partial charge in [0.05, 0.1) is 21.3 Å². The molecule has 1 aliphatic heterocycles. The van der Waals surface area contributed by atoms with E-state index in [0.717, 1.165) is 28.5 Å². The van der Waals surface area contributed by atoms with E-state index in [1.807, 2.05) is 6.07 Å². The summed E-state index contributed by atoms with van der Waals surface area (Å²) in [5, 5.41) is 4.57. The molecular weight excluding hydrogens is 325 g/mol. The zero-order valence-electron chi connectivity index (χ0n) is 9.58. The first-order chi connectivity index (χ1) is 9.13. The number of aryl methyl sites for hydroxylation is 1. The van der Waals surface area contributed by atoms with Crippen molar-refractivity contribution in [3.8, 4) is 0 Å². The minimum absolute atomic E-state index is 0.244. The van der Waals surface area contributed by atoms with E-state index >= 15 is 0 Å². The number of hydrogen-bond acceptors (Lipinski definition) is 4. The Bertz CT molecular complexity index is 648. The Balaban J connectivity index is 1.99. The van der Waals surface area contributed by atoms with Crippen LogP contribution in [-0.4, -0.2) is 15.7 Å². The van der Waals surface area contributed by atoms with Crippen LogP contribution in [0.3, 0.4) is 0 Å². The van der Waals surface area contributed by atoms with E-state index in [9.17, 15) is 0 Å². The van der Waals surface area contributed by atoms with Gasteiger partial charge >= 0.3 is 0 Å². The molecule has 0 amide bonds. The molecule has 1 aromatic heterocycles. The van der Waals surface area contributed by atoms with E-state index in [2.05, 4.69) is 15.3 Å². The highest BCUT2D eigenvalue weighted by molar-refractivity contribution is 7.99. The molecule has 0 unspecified atom stereocenters. The molecule has 1 N–H and O–H groups in total. The Morgan fingerprint density at radius 3 is 2.79 bits per heavy atom. The fourth-order valence-corrected chi connectivity index (χ4v) is 3.53. The van der Waals surface area contributed by atoms with Crippen molar-refractivity contribution in [2.24, 2.45) is 0 Å². The van der Waals surface area contributed by atoms with Crippen molar-refractivity contribution >= 4 is 58.1 Å². The smallest absolute Gasteiger partial charge is 0.224 e. The number of fused-ring (bicyclic) bond motifs is 1. The lowest BCUT2D eigenvalue weighted by Gasteiger charge is -2.11. The van der Waals surface area contributed by atoms with Crippen LogP contribution in [0.15, 0.2) is 23.1 Å². The lowest BCUT2D eigenvalue weighted by molar-refractivity contribution is 0.980. The van der Waals surface area contributed by atoms with Crippen molar-refractivity contribution in [2.75, 3.05) is 11.1 Å². The van der Waals surface area contributed by atoms with Gasteiger partial charge in [0, 0.05) is 17.2 Å². The fraction of sp³-hybridized carbons (Fsp3) is 0.167. The van der Waals surface area contributed by atoms with Gasteiger partial charge in [0.15, 0.2) is 0 Å². The number of thioether (sulfide) groups is 1. The van der Waals surface area contributed by atoms with Gasteiger partial charge in [-0.15, -0.1) is 11.8 Å². The van der Waals surface area contributed by atoms with Crippen molar-refractivity contribution < 1.29 is 0 Å². The van der Waals surface area contributed by atoms with E-state index in [1.54, 1.807) is 23.9 Å². The minimum Gasteiger partial charge on any atom is -0.338 e. The summed E-state index contributed by atoms with van der Waals surface area (Å²) in [5.41, 5.74) is 1.73. The van der Waals surface area contributed by atoms with Crippen LogP contribution in [0.25, 0.3) is 0 Å². The van der Waals surface area contributed by atoms with Crippen LogP contribution < -0.4 is 5.32 Å². The predicted molar refractivity (Wildman–Crippen MR) is 81.2 cm³/mol. The van der Waals surface area contributed by atoms with Crippen LogP contribution in [0.5, 0.6) is 0 Å². The van der Waals surface area contributed by atoms with Crippen molar-refractivity contribution in [2.45, 2.75) is 11.3 Å². The maximum atomic E-state index is 6.14. The van der Waals surface area contributed by atoms with Crippen molar-refractivity contribution in [1.29, 1.82) is 0 Å². The first kappa shape index (κ1) is 13.3. The summed E-state index contributed by atoms with van der Waals surface area (Å²) < 4.78 is 0. The summed E-state index contributed by atoms with van der Waals surface area (Å²) in [4.78, 5) is 9.50. The highest BCUT2D eigenvalue weighted by atomic mass is 35.5. The molecule has 2 heterocycles. The zero-order chi connectivity index (χ0) is 13.4. The number of nitrogens with one attached hydrogen (secondary N) is 1. The number of halogens is 3. The maximum absolute atomic E-state index is 6.14. The van der Waals surface area contributed by atoms with E-state index < -0.39 is 0 Å². The van der Waals surface area contributed by atoms with Crippen LogP contribution in [0, 0.1) is 0 Å². The molecule has 3 nitrogen and oxygen atoms in total. The largest absolute Gasteiger partial charge is 0.338 e. The van der Waals surface area contributed by atoms with Gasteiger partial charge in [0.1, 0.15) is 5.82 Å². The van der Waals surface area contributed by atoms with Gasteiger partial charge in [0.2, 0.25) is 5.28 Å². The summed E-state index contributed by atoms with van der Waals surface area (Å²) in [6, 6.07) is 5.26. The minimum atomic E-state index is 0.244. The molecule has 2 aromatic rings. The summed E-state index contributed by atoms with van der Waals surface area (Å²) in [6.45, 7) is 0. The average Bonchev–Trinajstić information content (AvgIpc) is 2.80. The second-order valence-electron chi connectivity index (χ2n) is 3.96. The van der Waals surface area contributed by atoms with Crippen LogP contribution >= 0.6 is 46.6 Å². The molecule has 0 bridgehead atoms. The van der Waals surface area contributed by atoms with E-state index in [-0.39, 0.29) is 5.28 Å². The molecule has 0 radical (unpaired) electrons. The third kappa shape index (κ3) is 2.77. The summed E-state index contributed by atoms with van der Waals surface area (Å²) in [5.74, 6) is 1.69. The van der Waals surface area contributed by atoms with Gasteiger partial charge in [-0.2, -0.15) is 4.98 Å². The van der Waals surface area contributed by atoms with E-state index in [4.69, 9.17) is 34.8 Å². The molecule has 19 heavy (non-hydrogen) atoms. The van der Waals surface area contributed by atoms with Gasteiger partial charge in [-0.1, -0.05) is 23.2 Å². The van der Waals surface area contributed by atoms with Crippen LogP contribution in [0.4, 0.5) is 11.5 Å². The SMILES string of the molecule is Clc1ccc(Nc2nc(Cl)nc3c2SCC3)c(Cl)c1. The second kappa shape index (κ2) is 5.37. The molecule has 98 valence electrons. The van der Waals surface area contributed by atoms with Crippen molar-refractivity contribution in [3.05, 3.63) is 39.2 Å². The summed E-state index contributed by atoms with van der Waals surface area (Å²) >= 11 is 19.7. The van der Waals surface area contributed by atoms with Crippen molar-refractivity contribution in [3.63, 3.8) is 0 Å².